The second-order valence-corrected chi connectivity index (χ2v) is 3.35. The van der Waals surface area contributed by atoms with Crippen molar-refractivity contribution in [2.75, 3.05) is 5.32 Å². The summed E-state index contributed by atoms with van der Waals surface area (Å²) in [7, 11) is 1.59. The molecule has 0 aromatic carbocycles. The Balaban J connectivity index is 2.76. The molecule has 0 bridgehead atoms. The highest BCUT2D eigenvalue weighted by molar-refractivity contribution is 5.95. The fourth-order valence-electron chi connectivity index (χ4n) is 0.864. The lowest BCUT2D eigenvalue weighted by molar-refractivity contribution is -0.122. The van der Waals surface area contributed by atoms with E-state index in [4.69, 9.17) is 5.26 Å². The zero-order valence-corrected chi connectivity index (χ0v) is 8.85. The lowest BCUT2D eigenvalue weighted by Gasteiger charge is -2.16. The lowest BCUT2D eigenvalue weighted by atomic mass is 9.88. The Morgan fingerprint density at radius 2 is 2.40 bits per heavy atom. The van der Waals surface area contributed by atoms with E-state index in [9.17, 15) is 4.79 Å². The van der Waals surface area contributed by atoms with Gasteiger partial charge in [0.05, 0.1) is 13.1 Å². The van der Waals surface area contributed by atoms with Gasteiger partial charge in [-0.2, -0.15) is 10.1 Å². The molecule has 7 heteroatoms. The van der Waals surface area contributed by atoms with Gasteiger partial charge in [-0.1, -0.05) is 12.0 Å². The summed E-state index contributed by atoms with van der Waals surface area (Å²) in [5, 5.41) is 22.3. The van der Waals surface area contributed by atoms with Crippen LogP contribution < -0.4 is 5.32 Å². The smallest absolute Gasteiger partial charge is 0.270 e. The highest BCUT2D eigenvalue weighted by Gasteiger charge is 2.31. The first kappa shape index (κ1) is 11.1. The molecule has 0 spiro atoms. The Hall–Kier alpha value is -1.97. The molecule has 15 heavy (non-hydrogen) atoms. The van der Waals surface area contributed by atoms with Gasteiger partial charge in [-0.15, -0.1) is 5.10 Å². The molecule has 0 radical (unpaired) electrons. The molecular weight excluding hydrogens is 196 g/mol. The van der Waals surface area contributed by atoms with Gasteiger partial charge in [0, 0.05) is 0 Å². The number of hydrogen-bond donors (Lipinski definition) is 1. The van der Waals surface area contributed by atoms with Gasteiger partial charge in [-0.05, 0) is 18.6 Å². The predicted molar refractivity (Wildman–Crippen MR) is 51.4 cm³/mol. The standard InChI is InChI=1S/C8H12N6O/c1-4-8(2,5-9)6(15)10-7-11-13-14(3)12-7/h4H2,1-3H3,(H,10,12,15). The SMILES string of the molecule is CCC(C)(C#N)C(=O)Nc1nnn(C)n1. The van der Waals surface area contributed by atoms with Crippen molar-refractivity contribution in [3.05, 3.63) is 0 Å². The maximum Gasteiger partial charge on any atom is 0.270 e. The van der Waals surface area contributed by atoms with E-state index in [2.05, 4.69) is 20.7 Å². The number of rotatable bonds is 3. The number of amides is 1. The number of nitrogens with zero attached hydrogens (tertiary/aromatic N) is 5. The van der Waals surface area contributed by atoms with Gasteiger partial charge in [0.2, 0.25) is 5.91 Å². The van der Waals surface area contributed by atoms with Gasteiger partial charge in [-0.3, -0.25) is 10.1 Å². The number of carbonyl (C=O) groups excluding carboxylic acids is 1. The van der Waals surface area contributed by atoms with Crippen LogP contribution in [0.4, 0.5) is 5.95 Å². The Labute approximate surface area is 87.1 Å². The Bertz CT molecular complexity index is 406. The van der Waals surface area contributed by atoms with Gasteiger partial charge < -0.3 is 0 Å². The van der Waals surface area contributed by atoms with Crippen LogP contribution in [-0.2, 0) is 11.8 Å². The fourth-order valence-corrected chi connectivity index (χ4v) is 0.864. The van der Waals surface area contributed by atoms with Crippen LogP contribution in [0.5, 0.6) is 0 Å². The minimum absolute atomic E-state index is 0.109. The Morgan fingerprint density at radius 3 is 2.80 bits per heavy atom. The summed E-state index contributed by atoms with van der Waals surface area (Å²) in [4.78, 5) is 12.9. The number of aromatic nitrogens is 4. The van der Waals surface area contributed by atoms with Crippen LogP contribution in [0.1, 0.15) is 20.3 Å². The van der Waals surface area contributed by atoms with Gasteiger partial charge in [0.1, 0.15) is 5.41 Å². The second-order valence-electron chi connectivity index (χ2n) is 3.35. The van der Waals surface area contributed by atoms with Crippen molar-refractivity contribution in [1.82, 2.24) is 20.2 Å². The summed E-state index contributed by atoms with van der Waals surface area (Å²) in [5.41, 5.74) is -1.06. The molecule has 0 aliphatic carbocycles. The van der Waals surface area contributed by atoms with E-state index < -0.39 is 11.3 Å². The van der Waals surface area contributed by atoms with Crippen LogP contribution in [0.15, 0.2) is 0 Å². The summed E-state index contributed by atoms with van der Waals surface area (Å²) in [5.74, 6) is -0.307. The summed E-state index contributed by atoms with van der Waals surface area (Å²) >= 11 is 0. The van der Waals surface area contributed by atoms with E-state index in [-0.39, 0.29) is 5.95 Å². The van der Waals surface area contributed by atoms with Crippen LogP contribution >= 0.6 is 0 Å². The molecule has 0 saturated heterocycles. The molecule has 1 atom stereocenters. The summed E-state index contributed by atoms with van der Waals surface area (Å²) in [6.07, 6.45) is 0.426. The van der Waals surface area contributed by atoms with Gasteiger partial charge >= 0.3 is 0 Å². The number of anilines is 1. The second kappa shape index (κ2) is 4.04. The van der Waals surface area contributed by atoms with E-state index in [1.54, 1.807) is 20.9 Å². The molecule has 7 nitrogen and oxygen atoms in total. The maximum absolute atomic E-state index is 11.7. The summed E-state index contributed by atoms with van der Waals surface area (Å²) < 4.78 is 0. The quantitative estimate of drug-likeness (QED) is 0.759. The maximum atomic E-state index is 11.7. The molecule has 0 saturated carbocycles. The normalized spacial score (nSPS) is 14.0. The first-order valence-corrected chi connectivity index (χ1v) is 4.48. The van der Waals surface area contributed by atoms with E-state index >= 15 is 0 Å². The first-order valence-electron chi connectivity index (χ1n) is 4.48. The molecule has 1 aromatic rings. The summed E-state index contributed by atoms with van der Waals surface area (Å²) in [6.45, 7) is 3.34. The average molecular weight is 208 g/mol. The van der Waals surface area contributed by atoms with E-state index in [1.807, 2.05) is 6.07 Å². The number of aryl methyl sites for hydroxylation is 1. The molecule has 0 fully saturated rings. The topological polar surface area (TPSA) is 96.5 Å². The number of nitriles is 1. The predicted octanol–water partition coefficient (Wildman–Crippen LogP) is 0.0885. The van der Waals surface area contributed by atoms with Gasteiger partial charge in [0.25, 0.3) is 5.95 Å². The average Bonchev–Trinajstić information content (AvgIpc) is 2.62. The minimum Gasteiger partial charge on any atom is -0.290 e. The molecule has 0 aliphatic rings. The van der Waals surface area contributed by atoms with E-state index in [0.29, 0.717) is 6.42 Å². The van der Waals surface area contributed by atoms with E-state index in [1.165, 1.54) is 4.80 Å². The molecule has 1 rings (SSSR count). The molecule has 1 heterocycles. The number of carbonyl (C=O) groups is 1. The zero-order chi connectivity index (χ0) is 11.5. The number of hydrogen-bond acceptors (Lipinski definition) is 5. The van der Waals surface area contributed by atoms with Crippen molar-refractivity contribution in [2.45, 2.75) is 20.3 Å². The summed E-state index contributed by atoms with van der Waals surface area (Å²) in [6, 6.07) is 1.96. The van der Waals surface area contributed by atoms with Crippen LogP contribution in [0, 0.1) is 16.7 Å². The third-order valence-electron chi connectivity index (χ3n) is 2.19. The van der Waals surface area contributed by atoms with Crippen LogP contribution in [-0.4, -0.2) is 26.1 Å². The van der Waals surface area contributed by atoms with Crippen molar-refractivity contribution in [3.8, 4) is 6.07 Å². The third-order valence-corrected chi connectivity index (χ3v) is 2.19. The van der Waals surface area contributed by atoms with Gasteiger partial charge in [0.15, 0.2) is 0 Å². The number of nitrogens with one attached hydrogen (secondary N) is 1. The van der Waals surface area contributed by atoms with E-state index in [0.717, 1.165) is 0 Å². The Kier molecular flexibility index (Phi) is 2.99. The van der Waals surface area contributed by atoms with Crippen LogP contribution in [0.25, 0.3) is 0 Å². The van der Waals surface area contributed by atoms with Crippen molar-refractivity contribution < 1.29 is 4.79 Å². The molecule has 0 aliphatic heterocycles. The van der Waals surface area contributed by atoms with Crippen molar-refractivity contribution in [1.29, 1.82) is 5.26 Å². The lowest BCUT2D eigenvalue weighted by Crippen LogP contribution is -2.32. The number of tetrazole rings is 1. The van der Waals surface area contributed by atoms with Crippen molar-refractivity contribution in [3.63, 3.8) is 0 Å². The third kappa shape index (κ3) is 2.28. The van der Waals surface area contributed by atoms with Crippen LogP contribution in [0.2, 0.25) is 0 Å². The molecule has 1 aromatic heterocycles. The van der Waals surface area contributed by atoms with Crippen LogP contribution in [0.3, 0.4) is 0 Å². The first-order chi connectivity index (χ1) is 7.01. The minimum atomic E-state index is -1.06. The Morgan fingerprint density at radius 1 is 1.73 bits per heavy atom. The molecule has 1 amide bonds. The molecular formula is C8H12N6O. The van der Waals surface area contributed by atoms with Crippen molar-refractivity contribution >= 4 is 11.9 Å². The molecule has 1 unspecified atom stereocenters. The molecule has 1 N–H and O–H groups in total. The highest BCUT2D eigenvalue weighted by atomic mass is 16.2. The largest absolute Gasteiger partial charge is 0.290 e. The fraction of sp³-hybridized carbons (Fsp3) is 0.625. The monoisotopic (exact) mass is 208 g/mol. The van der Waals surface area contributed by atoms with Crippen molar-refractivity contribution in [2.24, 2.45) is 12.5 Å². The highest BCUT2D eigenvalue weighted by Crippen LogP contribution is 2.20. The molecule has 80 valence electrons. The van der Waals surface area contributed by atoms with Gasteiger partial charge in [-0.25, -0.2) is 0 Å². The zero-order valence-electron chi connectivity index (χ0n) is 8.85.